The van der Waals surface area contributed by atoms with E-state index < -0.39 is 10.0 Å². The molecule has 1 unspecified atom stereocenters. The Morgan fingerprint density at radius 2 is 1.88 bits per heavy atom. The fraction of sp³-hybridized carbons (Fsp3) is 0.333. The van der Waals surface area contributed by atoms with Gasteiger partial charge in [0.25, 0.3) is 10.0 Å². The zero-order chi connectivity index (χ0) is 17.2. The van der Waals surface area contributed by atoms with Crippen molar-refractivity contribution in [3.63, 3.8) is 0 Å². The van der Waals surface area contributed by atoms with Gasteiger partial charge in [0.1, 0.15) is 5.75 Å². The Morgan fingerprint density at radius 1 is 1.17 bits per heavy atom. The van der Waals surface area contributed by atoms with Gasteiger partial charge in [0, 0.05) is 19.1 Å². The maximum absolute atomic E-state index is 13.2. The van der Waals surface area contributed by atoms with Gasteiger partial charge in [-0.1, -0.05) is 18.2 Å². The maximum atomic E-state index is 13.2. The van der Waals surface area contributed by atoms with Crippen molar-refractivity contribution in [3.05, 3.63) is 54.1 Å². The van der Waals surface area contributed by atoms with Crippen molar-refractivity contribution in [2.24, 2.45) is 0 Å². The summed E-state index contributed by atoms with van der Waals surface area (Å²) in [6.45, 7) is 5.49. The molecule has 128 valence electrons. The zero-order valence-corrected chi connectivity index (χ0v) is 14.7. The molecule has 0 spiro atoms. The Hall–Kier alpha value is -2.05. The first-order chi connectivity index (χ1) is 11.5. The number of para-hydroxylation sites is 1. The second kappa shape index (κ2) is 6.83. The van der Waals surface area contributed by atoms with Crippen LogP contribution in [0.25, 0.3) is 0 Å². The van der Waals surface area contributed by atoms with Crippen LogP contribution >= 0.6 is 0 Å². The van der Waals surface area contributed by atoms with E-state index in [2.05, 4.69) is 5.32 Å². The van der Waals surface area contributed by atoms with Gasteiger partial charge in [-0.15, -0.1) is 0 Å². The molecule has 0 radical (unpaired) electrons. The van der Waals surface area contributed by atoms with E-state index in [1.54, 1.807) is 24.3 Å². The monoisotopic (exact) mass is 346 g/mol. The number of nitrogens with zero attached hydrogens (tertiary/aromatic N) is 1. The molecule has 2 aromatic rings. The van der Waals surface area contributed by atoms with Crippen LogP contribution in [0.3, 0.4) is 0 Å². The fourth-order valence-electron chi connectivity index (χ4n) is 2.83. The van der Waals surface area contributed by atoms with Crippen LogP contribution in [0.15, 0.2) is 53.4 Å². The van der Waals surface area contributed by atoms with Gasteiger partial charge < -0.3 is 10.1 Å². The summed E-state index contributed by atoms with van der Waals surface area (Å²) < 4.78 is 33.2. The third-order valence-electron chi connectivity index (χ3n) is 4.06. The predicted octanol–water partition coefficient (Wildman–Crippen LogP) is 2.77. The Balaban J connectivity index is 2.01. The molecule has 0 fully saturated rings. The predicted molar refractivity (Wildman–Crippen MR) is 94.9 cm³/mol. The highest BCUT2D eigenvalue weighted by atomic mass is 32.2. The third-order valence-corrected chi connectivity index (χ3v) is 5.86. The quantitative estimate of drug-likeness (QED) is 0.925. The first-order valence-corrected chi connectivity index (χ1v) is 9.53. The molecule has 0 bridgehead atoms. The molecule has 3 rings (SSSR count). The standard InChI is InChI=1S/C18H22N2O3S/c1-3-23-16-8-10-17(11-9-16)24(21,22)20-13-14(2)19-12-15-6-4-5-7-18(15)20/h4-11,14,19H,3,12-13H2,1-2H3. The maximum Gasteiger partial charge on any atom is 0.264 e. The lowest BCUT2D eigenvalue weighted by atomic mass is 10.2. The number of benzene rings is 2. The van der Waals surface area contributed by atoms with Crippen molar-refractivity contribution in [1.82, 2.24) is 5.32 Å². The summed E-state index contributed by atoms with van der Waals surface area (Å²) in [6.07, 6.45) is 0. The van der Waals surface area contributed by atoms with Crippen molar-refractivity contribution in [3.8, 4) is 5.75 Å². The summed E-state index contributed by atoms with van der Waals surface area (Å²) in [7, 11) is -3.63. The largest absolute Gasteiger partial charge is 0.494 e. The lowest BCUT2D eigenvalue weighted by Gasteiger charge is -2.26. The molecular weight excluding hydrogens is 324 g/mol. The van der Waals surface area contributed by atoms with Gasteiger partial charge in [0.2, 0.25) is 0 Å². The van der Waals surface area contributed by atoms with E-state index >= 15 is 0 Å². The van der Waals surface area contributed by atoms with E-state index in [-0.39, 0.29) is 10.9 Å². The molecule has 2 aromatic carbocycles. The minimum atomic E-state index is -3.63. The molecule has 1 atom stereocenters. The second-order valence-electron chi connectivity index (χ2n) is 5.85. The van der Waals surface area contributed by atoms with Gasteiger partial charge in [0.15, 0.2) is 0 Å². The second-order valence-corrected chi connectivity index (χ2v) is 7.71. The average molecular weight is 346 g/mol. The van der Waals surface area contributed by atoms with E-state index in [1.807, 2.05) is 38.1 Å². The molecule has 1 aliphatic rings. The van der Waals surface area contributed by atoms with Crippen LogP contribution in [-0.4, -0.2) is 27.6 Å². The molecule has 1 aliphatic heterocycles. The van der Waals surface area contributed by atoms with Crippen LogP contribution < -0.4 is 14.4 Å². The van der Waals surface area contributed by atoms with Gasteiger partial charge in [-0.3, -0.25) is 4.31 Å². The molecule has 1 N–H and O–H groups in total. The number of anilines is 1. The van der Waals surface area contributed by atoms with Gasteiger partial charge in [-0.2, -0.15) is 0 Å². The Labute approximate surface area is 143 Å². The molecule has 0 saturated heterocycles. The van der Waals surface area contributed by atoms with Crippen LogP contribution in [0.1, 0.15) is 19.4 Å². The highest BCUT2D eigenvalue weighted by molar-refractivity contribution is 7.92. The lowest BCUT2D eigenvalue weighted by Crippen LogP contribution is -2.39. The summed E-state index contributed by atoms with van der Waals surface area (Å²) in [4.78, 5) is 0.273. The Kier molecular flexibility index (Phi) is 4.78. The molecule has 0 amide bonds. The van der Waals surface area contributed by atoms with E-state index in [9.17, 15) is 8.42 Å². The van der Waals surface area contributed by atoms with E-state index in [0.717, 1.165) is 11.3 Å². The molecule has 1 heterocycles. The van der Waals surface area contributed by atoms with Crippen LogP contribution in [-0.2, 0) is 16.6 Å². The number of rotatable bonds is 4. The summed E-state index contributed by atoms with van der Waals surface area (Å²) in [6, 6.07) is 14.3. The molecular formula is C18H22N2O3S. The molecule has 5 nitrogen and oxygen atoms in total. The topological polar surface area (TPSA) is 58.6 Å². The van der Waals surface area contributed by atoms with Crippen LogP contribution in [0.2, 0.25) is 0 Å². The number of hydrogen-bond donors (Lipinski definition) is 1. The molecule has 0 saturated carbocycles. The van der Waals surface area contributed by atoms with Crippen molar-refractivity contribution in [2.75, 3.05) is 17.5 Å². The SMILES string of the molecule is CCOc1ccc(S(=O)(=O)N2CC(C)NCc3ccccc32)cc1. The highest BCUT2D eigenvalue weighted by Crippen LogP contribution is 2.29. The van der Waals surface area contributed by atoms with Crippen LogP contribution in [0.4, 0.5) is 5.69 Å². The summed E-state index contributed by atoms with van der Waals surface area (Å²) >= 11 is 0. The molecule has 24 heavy (non-hydrogen) atoms. The number of ether oxygens (including phenoxy) is 1. The molecule has 0 aliphatic carbocycles. The number of nitrogens with one attached hydrogen (secondary N) is 1. The third kappa shape index (κ3) is 3.25. The van der Waals surface area contributed by atoms with Crippen LogP contribution in [0.5, 0.6) is 5.75 Å². The van der Waals surface area contributed by atoms with Gasteiger partial charge in [-0.25, -0.2) is 8.42 Å². The van der Waals surface area contributed by atoms with Gasteiger partial charge in [-0.05, 0) is 49.7 Å². The highest BCUT2D eigenvalue weighted by Gasteiger charge is 2.29. The van der Waals surface area contributed by atoms with Crippen molar-refractivity contribution >= 4 is 15.7 Å². The minimum Gasteiger partial charge on any atom is -0.494 e. The lowest BCUT2D eigenvalue weighted by molar-refractivity contribution is 0.340. The number of sulfonamides is 1. The van der Waals surface area contributed by atoms with Crippen molar-refractivity contribution in [1.29, 1.82) is 0 Å². The average Bonchev–Trinajstić information content (AvgIpc) is 2.76. The van der Waals surface area contributed by atoms with Crippen LogP contribution in [0, 0.1) is 0 Å². The van der Waals surface area contributed by atoms with Gasteiger partial charge in [0.05, 0.1) is 17.2 Å². The zero-order valence-electron chi connectivity index (χ0n) is 13.9. The molecule has 6 heteroatoms. The van der Waals surface area contributed by atoms with E-state index in [1.165, 1.54) is 4.31 Å². The summed E-state index contributed by atoms with van der Waals surface area (Å²) in [5.41, 5.74) is 1.72. The van der Waals surface area contributed by atoms with E-state index in [0.29, 0.717) is 25.4 Å². The Bertz CT molecular complexity index is 803. The fourth-order valence-corrected chi connectivity index (χ4v) is 4.42. The van der Waals surface area contributed by atoms with Crippen molar-refractivity contribution < 1.29 is 13.2 Å². The van der Waals surface area contributed by atoms with Gasteiger partial charge >= 0.3 is 0 Å². The number of hydrogen-bond acceptors (Lipinski definition) is 4. The normalized spacial score (nSPS) is 17.9. The molecule has 0 aromatic heterocycles. The smallest absolute Gasteiger partial charge is 0.264 e. The number of fused-ring (bicyclic) bond motifs is 1. The summed E-state index contributed by atoms with van der Waals surface area (Å²) in [5, 5.41) is 3.35. The summed E-state index contributed by atoms with van der Waals surface area (Å²) in [5.74, 6) is 0.669. The minimum absolute atomic E-state index is 0.0647. The Morgan fingerprint density at radius 3 is 2.58 bits per heavy atom. The van der Waals surface area contributed by atoms with E-state index in [4.69, 9.17) is 4.74 Å². The first-order valence-electron chi connectivity index (χ1n) is 8.09. The van der Waals surface area contributed by atoms with Crippen molar-refractivity contribution in [2.45, 2.75) is 31.3 Å². The first kappa shape index (κ1) is 16.8.